The molecule has 1 heterocycles. The summed E-state index contributed by atoms with van der Waals surface area (Å²) in [6.45, 7) is 9.40. The molecule has 2 fully saturated rings. The van der Waals surface area contributed by atoms with Crippen molar-refractivity contribution in [3.05, 3.63) is 0 Å². The van der Waals surface area contributed by atoms with Crippen LogP contribution in [0.2, 0.25) is 0 Å². The lowest BCUT2D eigenvalue weighted by molar-refractivity contribution is -0.132. The van der Waals surface area contributed by atoms with Gasteiger partial charge in [0.05, 0.1) is 6.54 Å². The molecule has 2 rings (SSSR count). The van der Waals surface area contributed by atoms with Crippen molar-refractivity contribution in [2.24, 2.45) is 11.3 Å². The van der Waals surface area contributed by atoms with E-state index in [1.165, 1.54) is 38.5 Å². The van der Waals surface area contributed by atoms with Gasteiger partial charge in [0.15, 0.2) is 0 Å². The van der Waals surface area contributed by atoms with Gasteiger partial charge in [0, 0.05) is 19.1 Å². The second-order valence-corrected chi connectivity index (χ2v) is 7.38. The normalized spacial score (nSPS) is 23.0. The van der Waals surface area contributed by atoms with Crippen LogP contribution in [0.4, 0.5) is 0 Å². The highest BCUT2D eigenvalue weighted by Gasteiger charge is 2.30. The number of piperidine rings is 1. The molecule has 1 saturated carbocycles. The molecule has 3 heteroatoms. The first-order valence-corrected chi connectivity index (χ1v) is 7.98. The Morgan fingerprint density at radius 1 is 1.11 bits per heavy atom. The average molecular weight is 266 g/mol. The van der Waals surface area contributed by atoms with Crippen molar-refractivity contribution >= 4 is 5.91 Å². The van der Waals surface area contributed by atoms with E-state index in [9.17, 15) is 4.79 Å². The van der Waals surface area contributed by atoms with Crippen LogP contribution in [0.25, 0.3) is 0 Å². The summed E-state index contributed by atoms with van der Waals surface area (Å²) >= 11 is 0. The quantitative estimate of drug-likeness (QED) is 0.852. The molecule has 0 atom stereocenters. The number of hydrogen-bond acceptors (Lipinski definition) is 2. The summed E-state index contributed by atoms with van der Waals surface area (Å²) in [7, 11) is 0. The Hall–Kier alpha value is -0.570. The summed E-state index contributed by atoms with van der Waals surface area (Å²) in [5, 5.41) is 3.43. The molecule has 2 aliphatic rings. The van der Waals surface area contributed by atoms with Crippen molar-refractivity contribution in [3.8, 4) is 0 Å². The molecule has 1 aliphatic carbocycles. The molecule has 0 aromatic rings. The third kappa shape index (κ3) is 4.20. The van der Waals surface area contributed by atoms with E-state index < -0.39 is 0 Å². The summed E-state index contributed by atoms with van der Waals surface area (Å²) in [6, 6.07) is 0.594. The van der Waals surface area contributed by atoms with E-state index in [2.05, 4.69) is 31.0 Å². The maximum Gasteiger partial charge on any atom is 0.236 e. The zero-order valence-corrected chi connectivity index (χ0v) is 12.9. The number of nitrogens with one attached hydrogen (secondary N) is 1. The Morgan fingerprint density at radius 2 is 1.68 bits per heavy atom. The highest BCUT2D eigenvalue weighted by molar-refractivity contribution is 5.78. The van der Waals surface area contributed by atoms with Gasteiger partial charge in [-0.3, -0.25) is 4.79 Å². The van der Waals surface area contributed by atoms with Gasteiger partial charge in [0.25, 0.3) is 0 Å². The Morgan fingerprint density at radius 3 is 2.21 bits per heavy atom. The van der Waals surface area contributed by atoms with Crippen LogP contribution in [-0.4, -0.2) is 36.5 Å². The van der Waals surface area contributed by atoms with E-state index in [1.54, 1.807) is 0 Å². The summed E-state index contributed by atoms with van der Waals surface area (Å²) in [6.07, 6.45) is 7.47. The molecular formula is C16H30N2O. The first kappa shape index (κ1) is 14.8. The SMILES string of the molecule is CC(C)(C)C1CCN(C(=O)CNC2CCCC2)CC1. The Bertz CT molecular complexity index is 294. The molecule has 0 unspecified atom stereocenters. The molecule has 0 aromatic heterocycles. The first-order chi connectivity index (χ1) is 8.97. The monoisotopic (exact) mass is 266 g/mol. The Balaban J connectivity index is 1.70. The van der Waals surface area contributed by atoms with Crippen LogP contribution in [0.5, 0.6) is 0 Å². The van der Waals surface area contributed by atoms with Crippen molar-refractivity contribution in [3.63, 3.8) is 0 Å². The van der Waals surface area contributed by atoms with E-state index in [1.807, 2.05) is 0 Å². The second-order valence-electron chi connectivity index (χ2n) is 7.38. The summed E-state index contributed by atoms with van der Waals surface area (Å²) in [5.41, 5.74) is 0.386. The van der Waals surface area contributed by atoms with E-state index in [0.29, 0.717) is 23.9 Å². The number of likely N-dealkylation sites (tertiary alicyclic amines) is 1. The third-order valence-corrected chi connectivity index (χ3v) is 4.97. The standard InChI is InChI=1S/C16H30N2O/c1-16(2,3)13-8-10-18(11-9-13)15(19)12-17-14-6-4-5-7-14/h13-14,17H,4-12H2,1-3H3. The number of amides is 1. The largest absolute Gasteiger partial charge is 0.342 e. The molecule has 1 aliphatic heterocycles. The van der Waals surface area contributed by atoms with Crippen LogP contribution >= 0.6 is 0 Å². The number of carbonyl (C=O) groups is 1. The van der Waals surface area contributed by atoms with Gasteiger partial charge >= 0.3 is 0 Å². The maximum atomic E-state index is 12.2. The summed E-state index contributed by atoms with van der Waals surface area (Å²) < 4.78 is 0. The minimum absolute atomic E-state index is 0.305. The molecule has 0 radical (unpaired) electrons. The lowest BCUT2D eigenvalue weighted by atomic mass is 9.75. The zero-order chi connectivity index (χ0) is 13.9. The van der Waals surface area contributed by atoms with Gasteiger partial charge in [-0.25, -0.2) is 0 Å². The van der Waals surface area contributed by atoms with Gasteiger partial charge in [-0.2, -0.15) is 0 Å². The van der Waals surface area contributed by atoms with E-state index >= 15 is 0 Å². The van der Waals surface area contributed by atoms with Gasteiger partial charge in [0.1, 0.15) is 0 Å². The van der Waals surface area contributed by atoms with Crippen LogP contribution in [0.1, 0.15) is 59.3 Å². The Kier molecular flexibility index (Phi) is 4.88. The van der Waals surface area contributed by atoms with Crippen LogP contribution in [0.15, 0.2) is 0 Å². The average Bonchev–Trinajstić information content (AvgIpc) is 2.88. The highest BCUT2D eigenvalue weighted by Crippen LogP contribution is 2.34. The molecule has 19 heavy (non-hydrogen) atoms. The molecular weight excluding hydrogens is 236 g/mol. The second kappa shape index (κ2) is 6.25. The van der Waals surface area contributed by atoms with Crippen LogP contribution in [-0.2, 0) is 4.79 Å². The molecule has 0 aromatic carbocycles. The topological polar surface area (TPSA) is 32.3 Å². The van der Waals surface area contributed by atoms with Crippen LogP contribution in [0.3, 0.4) is 0 Å². The van der Waals surface area contributed by atoms with Crippen LogP contribution < -0.4 is 5.32 Å². The number of hydrogen-bond donors (Lipinski definition) is 1. The van der Waals surface area contributed by atoms with Gasteiger partial charge in [-0.1, -0.05) is 33.6 Å². The fourth-order valence-corrected chi connectivity index (χ4v) is 3.47. The number of carbonyl (C=O) groups excluding carboxylic acids is 1. The van der Waals surface area contributed by atoms with Crippen LogP contribution in [0, 0.1) is 11.3 Å². The minimum Gasteiger partial charge on any atom is -0.342 e. The molecule has 1 amide bonds. The lowest BCUT2D eigenvalue weighted by Gasteiger charge is -2.39. The molecule has 110 valence electrons. The van der Waals surface area contributed by atoms with E-state index in [-0.39, 0.29) is 0 Å². The van der Waals surface area contributed by atoms with Crippen molar-refractivity contribution in [2.45, 2.75) is 65.3 Å². The van der Waals surface area contributed by atoms with Crippen molar-refractivity contribution < 1.29 is 4.79 Å². The molecule has 0 spiro atoms. The fraction of sp³-hybridized carbons (Fsp3) is 0.938. The summed E-state index contributed by atoms with van der Waals surface area (Å²) in [4.78, 5) is 14.2. The van der Waals surface area contributed by atoms with Crippen molar-refractivity contribution in [2.75, 3.05) is 19.6 Å². The fourth-order valence-electron chi connectivity index (χ4n) is 3.47. The van der Waals surface area contributed by atoms with Gasteiger partial charge in [0.2, 0.25) is 5.91 Å². The number of rotatable bonds is 3. The van der Waals surface area contributed by atoms with Gasteiger partial charge < -0.3 is 10.2 Å². The highest BCUT2D eigenvalue weighted by atomic mass is 16.2. The Labute approximate surface area is 118 Å². The molecule has 1 saturated heterocycles. The van der Waals surface area contributed by atoms with Gasteiger partial charge in [-0.05, 0) is 37.0 Å². The van der Waals surface area contributed by atoms with Crippen molar-refractivity contribution in [1.82, 2.24) is 10.2 Å². The smallest absolute Gasteiger partial charge is 0.236 e. The minimum atomic E-state index is 0.305. The lowest BCUT2D eigenvalue weighted by Crippen LogP contribution is -2.46. The van der Waals surface area contributed by atoms with Crippen molar-refractivity contribution in [1.29, 1.82) is 0 Å². The molecule has 3 nitrogen and oxygen atoms in total. The third-order valence-electron chi connectivity index (χ3n) is 4.97. The zero-order valence-electron chi connectivity index (χ0n) is 12.9. The maximum absolute atomic E-state index is 12.2. The molecule has 1 N–H and O–H groups in total. The van der Waals surface area contributed by atoms with E-state index in [0.717, 1.165) is 19.0 Å². The molecule has 0 bridgehead atoms. The van der Waals surface area contributed by atoms with E-state index in [4.69, 9.17) is 0 Å². The predicted octanol–water partition coefficient (Wildman–Crippen LogP) is 2.80. The number of nitrogens with zero attached hydrogens (tertiary/aromatic N) is 1. The predicted molar refractivity (Wildman–Crippen MR) is 79.0 cm³/mol. The van der Waals surface area contributed by atoms with Gasteiger partial charge in [-0.15, -0.1) is 0 Å². The first-order valence-electron chi connectivity index (χ1n) is 7.98. The summed E-state index contributed by atoms with van der Waals surface area (Å²) in [5.74, 6) is 1.07.